The molecule has 2 aromatic rings. The predicted molar refractivity (Wildman–Crippen MR) is 101 cm³/mol. The van der Waals surface area contributed by atoms with Gasteiger partial charge in [0.25, 0.3) is 11.8 Å². The summed E-state index contributed by atoms with van der Waals surface area (Å²) in [6.07, 6.45) is 0.763. The molecule has 0 atom stereocenters. The van der Waals surface area contributed by atoms with Gasteiger partial charge in [0.15, 0.2) is 0 Å². The Morgan fingerprint density at radius 2 is 1.04 bits per heavy atom. The topological polar surface area (TPSA) is 40.6 Å². The molecule has 0 unspecified atom stereocenters. The fourth-order valence-electron chi connectivity index (χ4n) is 2.79. The van der Waals surface area contributed by atoms with Crippen molar-refractivity contribution in [2.75, 3.05) is 26.2 Å². The molecule has 0 aromatic heterocycles. The lowest BCUT2D eigenvalue weighted by Gasteiger charge is -2.25. The standard InChI is InChI=1S/C21H26N2O2/c1-3-22(20(24)18-12-7-5-8-13-18)16-11-17-23(4-2)21(25)19-14-9-6-10-15-19/h5-10,12-15H,3-4,11,16-17H2,1-2H3. The molecule has 4 heteroatoms. The average molecular weight is 338 g/mol. The summed E-state index contributed by atoms with van der Waals surface area (Å²) < 4.78 is 0. The lowest BCUT2D eigenvalue weighted by atomic mass is 10.2. The Hall–Kier alpha value is -2.62. The summed E-state index contributed by atoms with van der Waals surface area (Å²) in [6, 6.07) is 18.6. The molecule has 0 spiro atoms. The van der Waals surface area contributed by atoms with Gasteiger partial charge in [-0.25, -0.2) is 0 Å². The summed E-state index contributed by atoms with van der Waals surface area (Å²) in [6.45, 7) is 6.56. The average Bonchev–Trinajstić information content (AvgIpc) is 2.68. The van der Waals surface area contributed by atoms with Crippen molar-refractivity contribution in [3.8, 4) is 0 Å². The van der Waals surface area contributed by atoms with Crippen LogP contribution in [0.25, 0.3) is 0 Å². The van der Waals surface area contributed by atoms with Crippen LogP contribution < -0.4 is 0 Å². The molecule has 0 fully saturated rings. The third-order valence-electron chi connectivity index (χ3n) is 4.24. The lowest BCUT2D eigenvalue weighted by Crippen LogP contribution is -2.36. The van der Waals surface area contributed by atoms with Crippen molar-refractivity contribution in [2.45, 2.75) is 20.3 Å². The van der Waals surface area contributed by atoms with Crippen molar-refractivity contribution >= 4 is 11.8 Å². The van der Waals surface area contributed by atoms with Gasteiger partial charge in [-0.3, -0.25) is 9.59 Å². The van der Waals surface area contributed by atoms with Crippen LogP contribution in [0.5, 0.6) is 0 Å². The highest BCUT2D eigenvalue weighted by atomic mass is 16.2. The first-order valence-electron chi connectivity index (χ1n) is 8.86. The monoisotopic (exact) mass is 338 g/mol. The zero-order valence-corrected chi connectivity index (χ0v) is 15.0. The quantitative estimate of drug-likeness (QED) is 0.736. The van der Waals surface area contributed by atoms with Gasteiger partial charge in [-0.1, -0.05) is 36.4 Å². The summed E-state index contributed by atoms with van der Waals surface area (Å²) in [5.74, 6) is 0.0843. The Labute approximate surface area is 150 Å². The fourth-order valence-corrected chi connectivity index (χ4v) is 2.79. The van der Waals surface area contributed by atoms with E-state index in [0.717, 1.165) is 6.42 Å². The molecule has 0 saturated heterocycles. The Balaban J connectivity index is 1.90. The maximum Gasteiger partial charge on any atom is 0.253 e. The number of hydrogen-bond acceptors (Lipinski definition) is 2. The Kier molecular flexibility index (Phi) is 7.20. The van der Waals surface area contributed by atoms with Gasteiger partial charge in [-0.05, 0) is 44.5 Å². The number of hydrogen-bond donors (Lipinski definition) is 0. The van der Waals surface area contributed by atoms with Crippen molar-refractivity contribution in [2.24, 2.45) is 0 Å². The highest BCUT2D eigenvalue weighted by Crippen LogP contribution is 2.08. The molecule has 132 valence electrons. The lowest BCUT2D eigenvalue weighted by molar-refractivity contribution is 0.0727. The molecular formula is C21H26N2O2. The molecule has 0 aliphatic carbocycles. The normalized spacial score (nSPS) is 10.3. The van der Waals surface area contributed by atoms with Gasteiger partial charge in [0.2, 0.25) is 0 Å². The number of nitrogens with zero attached hydrogens (tertiary/aromatic N) is 2. The third-order valence-corrected chi connectivity index (χ3v) is 4.24. The molecule has 0 aliphatic rings. The first-order chi connectivity index (χ1) is 12.2. The summed E-state index contributed by atoms with van der Waals surface area (Å²) in [5.41, 5.74) is 1.41. The van der Waals surface area contributed by atoms with Crippen molar-refractivity contribution in [3.05, 3.63) is 71.8 Å². The van der Waals surface area contributed by atoms with Gasteiger partial charge in [-0.2, -0.15) is 0 Å². The van der Waals surface area contributed by atoms with E-state index < -0.39 is 0 Å². The van der Waals surface area contributed by atoms with Gasteiger partial charge in [0.1, 0.15) is 0 Å². The van der Waals surface area contributed by atoms with Gasteiger partial charge < -0.3 is 9.80 Å². The Morgan fingerprint density at radius 3 is 1.36 bits per heavy atom. The molecule has 2 rings (SSSR count). The highest BCUT2D eigenvalue weighted by molar-refractivity contribution is 5.94. The van der Waals surface area contributed by atoms with Crippen LogP contribution in [0.15, 0.2) is 60.7 Å². The van der Waals surface area contributed by atoms with Crippen LogP contribution in [0.2, 0.25) is 0 Å². The number of benzene rings is 2. The zero-order chi connectivity index (χ0) is 18.1. The first kappa shape index (κ1) is 18.7. The Morgan fingerprint density at radius 1 is 0.680 bits per heavy atom. The van der Waals surface area contributed by atoms with E-state index in [9.17, 15) is 9.59 Å². The molecular weight excluding hydrogens is 312 g/mol. The van der Waals surface area contributed by atoms with Gasteiger partial charge in [0, 0.05) is 37.3 Å². The van der Waals surface area contributed by atoms with Gasteiger partial charge >= 0.3 is 0 Å². The SMILES string of the molecule is CCN(CCCN(CC)C(=O)c1ccccc1)C(=O)c1ccccc1. The van der Waals surface area contributed by atoms with E-state index >= 15 is 0 Å². The summed E-state index contributed by atoms with van der Waals surface area (Å²) in [7, 11) is 0. The largest absolute Gasteiger partial charge is 0.339 e. The minimum Gasteiger partial charge on any atom is -0.339 e. The van der Waals surface area contributed by atoms with Crippen LogP contribution >= 0.6 is 0 Å². The van der Waals surface area contributed by atoms with Crippen LogP contribution in [0.1, 0.15) is 41.0 Å². The van der Waals surface area contributed by atoms with E-state index in [0.29, 0.717) is 37.3 Å². The number of rotatable bonds is 8. The molecule has 0 saturated carbocycles. The number of carbonyl (C=O) groups excluding carboxylic acids is 2. The molecule has 0 N–H and O–H groups in total. The fraction of sp³-hybridized carbons (Fsp3) is 0.333. The van der Waals surface area contributed by atoms with Crippen molar-refractivity contribution in [3.63, 3.8) is 0 Å². The second-order valence-electron chi connectivity index (χ2n) is 5.86. The maximum atomic E-state index is 12.5. The highest BCUT2D eigenvalue weighted by Gasteiger charge is 2.16. The Bertz CT molecular complexity index is 611. The summed E-state index contributed by atoms with van der Waals surface area (Å²) >= 11 is 0. The molecule has 4 nitrogen and oxygen atoms in total. The predicted octanol–water partition coefficient (Wildman–Crippen LogP) is 3.70. The molecule has 0 aliphatic heterocycles. The molecule has 0 bridgehead atoms. The van der Waals surface area contributed by atoms with E-state index in [2.05, 4.69) is 0 Å². The third kappa shape index (κ3) is 5.18. The smallest absolute Gasteiger partial charge is 0.253 e. The summed E-state index contributed by atoms with van der Waals surface area (Å²) in [5, 5.41) is 0. The van der Waals surface area contributed by atoms with Crippen LogP contribution in [-0.2, 0) is 0 Å². The molecule has 2 aromatic carbocycles. The van der Waals surface area contributed by atoms with Crippen molar-refractivity contribution < 1.29 is 9.59 Å². The minimum atomic E-state index is 0.0422. The first-order valence-corrected chi connectivity index (χ1v) is 8.86. The van der Waals surface area contributed by atoms with E-state index in [4.69, 9.17) is 0 Å². The van der Waals surface area contributed by atoms with E-state index in [1.807, 2.05) is 84.3 Å². The van der Waals surface area contributed by atoms with Crippen molar-refractivity contribution in [1.82, 2.24) is 9.80 Å². The zero-order valence-electron chi connectivity index (χ0n) is 15.0. The number of amides is 2. The van der Waals surface area contributed by atoms with Gasteiger partial charge in [-0.15, -0.1) is 0 Å². The minimum absolute atomic E-state index is 0.0422. The van der Waals surface area contributed by atoms with Crippen molar-refractivity contribution in [1.29, 1.82) is 0 Å². The molecule has 0 heterocycles. The summed E-state index contributed by atoms with van der Waals surface area (Å²) in [4.78, 5) is 28.7. The van der Waals surface area contributed by atoms with E-state index in [-0.39, 0.29) is 11.8 Å². The maximum absolute atomic E-state index is 12.5. The number of carbonyl (C=O) groups is 2. The van der Waals surface area contributed by atoms with E-state index in [1.54, 1.807) is 0 Å². The van der Waals surface area contributed by atoms with Crippen LogP contribution in [0.4, 0.5) is 0 Å². The second kappa shape index (κ2) is 9.62. The van der Waals surface area contributed by atoms with Crippen LogP contribution in [0.3, 0.4) is 0 Å². The molecule has 0 radical (unpaired) electrons. The van der Waals surface area contributed by atoms with Crippen LogP contribution in [0, 0.1) is 0 Å². The second-order valence-corrected chi connectivity index (χ2v) is 5.86. The van der Waals surface area contributed by atoms with E-state index in [1.165, 1.54) is 0 Å². The molecule has 2 amide bonds. The van der Waals surface area contributed by atoms with Gasteiger partial charge in [0.05, 0.1) is 0 Å². The molecule has 25 heavy (non-hydrogen) atoms. The van der Waals surface area contributed by atoms with Crippen LogP contribution in [-0.4, -0.2) is 47.8 Å².